The highest BCUT2D eigenvalue weighted by Crippen LogP contribution is 2.30. The second-order valence-corrected chi connectivity index (χ2v) is 8.33. The van der Waals surface area contributed by atoms with Crippen LogP contribution >= 0.6 is 23.4 Å². The lowest BCUT2D eigenvalue weighted by Crippen LogP contribution is -1.99. The predicted octanol–water partition coefficient (Wildman–Crippen LogP) is 7.03. The van der Waals surface area contributed by atoms with E-state index in [9.17, 15) is 0 Å². The monoisotopic (exact) mass is 427 g/mol. The molecule has 0 aliphatic heterocycles. The number of fused-ring (bicyclic) bond motifs is 1. The van der Waals surface area contributed by atoms with Crippen molar-refractivity contribution in [2.75, 3.05) is 0 Å². The molecule has 30 heavy (non-hydrogen) atoms. The number of rotatable bonds is 5. The van der Waals surface area contributed by atoms with Crippen molar-refractivity contribution < 1.29 is 0 Å². The number of aromatic nitrogens is 3. The molecule has 3 nitrogen and oxygen atoms in total. The van der Waals surface area contributed by atoms with Crippen LogP contribution in [0.4, 0.5) is 0 Å². The molecule has 0 amide bonds. The summed E-state index contributed by atoms with van der Waals surface area (Å²) in [6, 6.07) is 32.9. The number of benzene rings is 4. The van der Waals surface area contributed by atoms with Gasteiger partial charge in [-0.25, -0.2) is 0 Å². The van der Waals surface area contributed by atoms with E-state index in [2.05, 4.69) is 57.2 Å². The van der Waals surface area contributed by atoms with Crippen molar-refractivity contribution in [3.05, 3.63) is 108 Å². The van der Waals surface area contributed by atoms with Gasteiger partial charge in [-0.2, -0.15) is 0 Å². The molecule has 0 fully saturated rings. The van der Waals surface area contributed by atoms with Crippen LogP contribution in [0.15, 0.2) is 102 Å². The lowest BCUT2D eigenvalue weighted by Gasteiger charge is -2.11. The average molecular weight is 428 g/mol. The Kier molecular flexibility index (Phi) is 5.26. The zero-order chi connectivity index (χ0) is 20.3. The van der Waals surface area contributed by atoms with Crippen LogP contribution in [0.2, 0.25) is 5.02 Å². The largest absolute Gasteiger partial charge is 0.270 e. The van der Waals surface area contributed by atoms with Crippen LogP contribution in [0.25, 0.3) is 27.8 Å². The molecule has 0 atom stereocenters. The Labute approximate surface area is 184 Å². The molecule has 0 saturated carbocycles. The Morgan fingerprint density at radius 1 is 0.733 bits per heavy atom. The molecule has 4 aromatic carbocycles. The van der Waals surface area contributed by atoms with E-state index in [0.717, 1.165) is 28.0 Å². The minimum absolute atomic E-state index is 0.707. The van der Waals surface area contributed by atoms with E-state index in [-0.39, 0.29) is 0 Å². The van der Waals surface area contributed by atoms with Crippen molar-refractivity contribution >= 4 is 34.1 Å². The number of nitrogens with zero attached hydrogens (tertiary/aromatic N) is 3. The van der Waals surface area contributed by atoms with Gasteiger partial charge in [0, 0.05) is 22.0 Å². The zero-order valence-corrected chi connectivity index (χ0v) is 17.6. The van der Waals surface area contributed by atoms with E-state index < -0.39 is 0 Å². The summed E-state index contributed by atoms with van der Waals surface area (Å²) in [4.78, 5) is 0. The van der Waals surface area contributed by atoms with E-state index in [0.29, 0.717) is 5.02 Å². The summed E-state index contributed by atoms with van der Waals surface area (Å²) in [7, 11) is 0. The molecule has 0 radical (unpaired) electrons. The maximum atomic E-state index is 6.11. The molecule has 146 valence electrons. The van der Waals surface area contributed by atoms with Crippen molar-refractivity contribution in [1.29, 1.82) is 0 Å². The molecular weight excluding hydrogens is 410 g/mol. The molecule has 0 unspecified atom stereocenters. The van der Waals surface area contributed by atoms with Crippen LogP contribution in [0.3, 0.4) is 0 Å². The quantitative estimate of drug-likeness (QED) is 0.282. The molecule has 5 rings (SSSR count). The molecule has 1 heterocycles. The minimum atomic E-state index is 0.707. The van der Waals surface area contributed by atoms with Gasteiger partial charge >= 0.3 is 0 Å². The van der Waals surface area contributed by atoms with Crippen LogP contribution in [-0.2, 0) is 5.75 Å². The summed E-state index contributed by atoms with van der Waals surface area (Å²) in [5, 5.41) is 13.1. The first kappa shape index (κ1) is 18.9. The fraction of sp³-hybridized carbons (Fsp3) is 0.0400. The number of hydrogen-bond donors (Lipinski definition) is 0. The van der Waals surface area contributed by atoms with E-state index in [1.54, 1.807) is 11.8 Å². The fourth-order valence-electron chi connectivity index (χ4n) is 3.44. The Hall–Kier alpha value is -3.08. The van der Waals surface area contributed by atoms with Crippen molar-refractivity contribution in [3.8, 4) is 17.1 Å². The molecule has 0 spiro atoms. The average Bonchev–Trinajstić information content (AvgIpc) is 3.22. The first-order valence-corrected chi connectivity index (χ1v) is 11.0. The van der Waals surface area contributed by atoms with Gasteiger partial charge in [0.2, 0.25) is 0 Å². The lowest BCUT2D eigenvalue weighted by atomic mass is 10.1. The minimum Gasteiger partial charge on any atom is -0.270 e. The maximum Gasteiger partial charge on any atom is 0.196 e. The van der Waals surface area contributed by atoms with Crippen LogP contribution in [0, 0.1) is 0 Å². The van der Waals surface area contributed by atoms with Crippen LogP contribution in [-0.4, -0.2) is 14.8 Å². The van der Waals surface area contributed by atoms with Crippen molar-refractivity contribution in [1.82, 2.24) is 14.8 Å². The third kappa shape index (κ3) is 3.84. The highest BCUT2D eigenvalue weighted by molar-refractivity contribution is 7.98. The number of halogens is 1. The van der Waals surface area contributed by atoms with Gasteiger partial charge < -0.3 is 0 Å². The molecule has 5 heteroatoms. The molecule has 0 saturated heterocycles. The van der Waals surface area contributed by atoms with Crippen LogP contribution < -0.4 is 0 Å². The van der Waals surface area contributed by atoms with Crippen molar-refractivity contribution in [2.45, 2.75) is 10.9 Å². The summed E-state index contributed by atoms with van der Waals surface area (Å²) in [5.41, 5.74) is 3.27. The van der Waals surface area contributed by atoms with Gasteiger partial charge in [-0.3, -0.25) is 4.57 Å². The Bertz CT molecular complexity index is 1300. The normalized spacial score (nSPS) is 11.1. The molecule has 0 aliphatic rings. The zero-order valence-electron chi connectivity index (χ0n) is 16.1. The SMILES string of the molecule is Clc1ccc(-n2c(SCc3ccc4ccccc4c3)nnc2-c2ccccc2)cc1. The Morgan fingerprint density at radius 2 is 1.47 bits per heavy atom. The van der Waals surface area contributed by atoms with Gasteiger partial charge in [0.05, 0.1) is 0 Å². The topological polar surface area (TPSA) is 30.7 Å². The Balaban J connectivity index is 1.51. The van der Waals surface area contributed by atoms with Gasteiger partial charge in [-0.1, -0.05) is 96.2 Å². The second-order valence-electron chi connectivity index (χ2n) is 6.95. The van der Waals surface area contributed by atoms with Gasteiger partial charge in [0.1, 0.15) is 0 Å². The number of hydrogen-bond acceptors (Lipinski definition) is 3. The number of thioether (sulfide) groups is 1. The van der Waals surface area contributed by atoms with E-state index in [4.69, 9.17) is 11.6 Å². The summed E-state index contributed by atoms with van der Waals surface area (Å²) in [5.74, 6) is 1.63. The first-order chi connectivity index (χ1) is 14.8. The molecule has 0 aliphatic carbocycles. The molecule has 0 N–H and O–H groups in total. The molecule has 0 bridgehead atoms. The summed E-state index contributed by atoms with van der Waals surface area (Å²) in [6.07, 6.45) is 0. The summed E-state index contributed by atoms with van der Waals surface area (Å²) in [6.45, 7) is 0. The third-order valence-corrected chi connectivity index (χ3v) is 6.18. The van der Waals surface area contributed by atoms with Crippen molar-refractivity contribution in [2.24, 2.45) is 0 Å². The van der Waals surface area contributed by atoms with Crippen LogP contribution in [0.5, 0.6) is 0 Å². The standard InChI is InChI=1S/C25H18ClN3S/c26-22-12-14-23(15-13-22)29-24(20-7-2-1-3-8-20)27-28-25(29)30-17-18-10-11-19-6-4-5-9-21(19)16-18/h1-16H,17H2. The van der Waals surface area contributed by atoms with Gasteiger partial charge in [-0.05, 0) is 40.6 Å². The maximum absolute atomic E-state index is 6.11. The summed E-state index contributed by atoms with van der Waals surface area (Å²) >= 11 is 7.79. The molecule has 5 aromatic rings. The highest BCUT2D eigenvalue weighted by atomic mass is 35.5. The van der Waals surface area contributed by atoms with Crippen molar-refractivity contribution in [3.63, 3.8) is 0 Å². The highest BCUT2D eigenvalue weighted by Gasteiger charge is 2.16. The fourth-order valence-corrected chi connectivity index (χ4v) is 4.46. The van der Waals surface area contributed by atoms with Gasteiger partial charge in [-0.15, -0.1) is 10.2 Å². The Morgan fingerprint density at radius 3 is 2.27 bits per heavy atom. The molecular formula is C25H18ClN3S. The van der Waals surface area contributed by atoms with Gasteiger partial charge in [0.15, 0.2) is 11.0 Å². The summed E-state index contributed by atoms with van der Waals surface area (Å²) < 4.78 is 2.09. The van der Waals surface area contributed by atoms with Gasteiger partial charge in [0.25, 0.3) is 0 Å². The second kappa shape index (κ2) is 8.34. The van der Waals surface area contributed by atoms with Crippen LogP contribution in [0.1, 0.15) is 5.56 Å². The van der Waals surface area contributed by atoms with E-state index in [1.807, 2.05) is 54.6 Å². The smallest absolute Gasteiger partial charge is 0.196 e. The molecule has 1 aromatic heterocycles. The predicted molar refractivity (Wildman–Crippen MR) is 125 cm³/mol. The first-order valence-electron chi connectivity index (χ1n) is 9.65. The third-order valence-electron chi connectivity index (χ3n) is 4.93. The lowest BCUT2D eigenvalue weighted by molar-refractivity contribution is 0.886. The van der Waals surface area contributed by atoms with E-state index >= 15 is 0 Å². The van der Waals surface area contributed by atoms with E-state index in [1.165, 1.54) is 16.3 Å².